The van der Waals surface area contributed by atoms with Crippen molar-refractivity contribution in [3.05, 3.63) is 55.0 Å². The fourth-order valence-corrected chi connectivity index (χ4v) is 2.88. The lowest BCUT2D eigenvalue weighted by atomic mass is 10.2. The van der Waals surface area contributed by atoms with E-state index in [1.807, 2.05) is 13.1 Å². The molecule has 0 bridgehead atoms. The first-order valence-corrected chi connectivity index (χ1v) is 7.40. The Morgan fingerprint density at radius 2 is 2.20 bits per heavy atom. The van der Waals surface area contributed by atoms with Crippen LogP contribution in [0.25, 0.3) is 0 Å². The Morgan fingerprint density at radius 1 is 1.45 bits per heavy atom. The molecule has 6 heteroatoms. The van der Waals surface area contributed by atoms with Crippen molar-refractivity contribution in [1.82, 2.24) is 14.5 Å². The van der Waals surface area contributed by atoms with Crippen LogP contribution in [0.4, 0.5) is 0 Å². The van der Waals surface area contributed by atoms with Crippen molar-refractivity contribution in [3.63, 3.8) is 0 Å². The second-order valence-corrected chi connectivity index (χ2v) is 5.88. The molecule has 20 heavy (non-hydrogen) atoms. The maximum atomic E-state index is 11.9. The molecular formula is C14H19N3O2S. The fourth-order valence-electron chi connectivity index (χ4n) is 2.03. The average Bonchev–Trinajstić information content (AvgIpc) is 2.97. The van der Waals surface area contributed by atoms with Gasteiger partial charge in [-0.3, -0.25) is 14.3 Å². The molecule has 0 saturated heterocycles. The van der Waals surface area contributed by atoms with E-state index in [9.17, 15) is 9.59 Å². The van der Waals surface area contributed by atoms with Crippen LogP contribution in [0, 0.1) is 0 Å². The molecule has 0 aromatic carbocycles. The SMILES string of the molecule is C[C@H](c1cccs1)N(C)CCc1c[nH]c(=O)n(C)c1=O. The van der Waals surface area contributed by atoms with Gasteiger partial charge in [0.2, 0.25) is 0 Å². The number of likely N-dealkylation sites (N-methyl/N-ethyl adjacent to an activating group) is 1. The molecular weight excluding hydrogens is 274 g/mol. The summed E-state index contributed by atoms with van der Waals surface area (Å²) in [6.07, 6.45) is 2.14. The van der Waals surface area contributed by atoms with Gasteiger partial charge in [-0.15, -0.1) is 11.3 Å². The van der Waals surface area contributed by atoms with Gasteiger partial charge in [0.1, 0.15) is 0 Å². The van der Waals surface area contributed by atoms with E-state index in [2.05, 4.69) is 28.3 Å². The molecule has 2 heterocycles. The van der Waals surface area contributed by atoms with Crippen molar-refractivity contribution >= 4 is 11.3 Å². The molecule has 2 aromatic heterocycles. The van der Waals surface area contributed by atoms with E-state index in [0.717, 1.165) is 11.1 Å². The van der Waals surface area contributed by atoms with Gasteiger partial charge in [-0.05, 0) is 31.8 Å². The monoisotopic (exact) mass is 293 g/mol. The number of nitrogens with zero attached hydrogens (tertiary/aromatic N) is 2. The number of thiophene rings is 1. The number of aromatic nitrogens is 2. The van der Waals surface area contributed by atoms with Crippen molar-refractivity contribution in [2.24, 2.45) is 7.05 Å². The molecule has 2 aromatic rings. The highest BCUT2D eigenvalue weighted by Gasteiger charge is 2.13. The lowest BCUT2D eigenvalue weighted by molar-refractivity contribution is 0.268. The van der Waals surface area contributed by atoms with Gasteiger partial charge in [0.25, 0.3) is 5.56 Å². The third kappa shape index (κ3) is 3.08. The molecule has 2 rings (SSSR count). The van der Waals surface area contributed by atoms with Crippen molar-refractivity contribution < 1.29 is 0 Å². The Kier molecular flexibility index (Phi) is 4.57. The first-order chi connectivity index (χ1) is 9.50. The van der Waals surface area contributed by atoms with Crippen molar-refractivity contribution in [2.45, 2.75) is 19.4 Å². The first kappa shape index (κ1) is 14.7. The standard InChI is InChI=1S/C14H19N3O2S/c1-10(12-5-4-8-20-12)16(2)7-6-11-9-15-14(19)17(3)13(11)18/h4-5,8-10H,6-7H2,1-3H3,(H,15,19)/t10-/m1/s1. The number of rotatable bonds is 5. The van der Waals surface area contributed by atoms with Crippen LogP contribution in [-0.4, -0.2) is 28.0 Å². The predicted molar refractivity (Wildman–Crippen MR) is 81.4 cm³/mol. The van der Waals surface area contributed by atoms with E-state index in [0.29, 0.717) is 18.0 Å². The van der Waals surface area contributed by atoms with E-state index < -0.39 is 0 Å². The van der Waals surface area contributed by atoms with E-state index in [-0.39, 0.29) is 11.2 Å². The summed E-state index contributed by atoms with van der Waals surface area (Å²) in [7, 11) is 3.53. The summed E-state index contributed by atoms with van der Waals surface area (Å²) in [5.41, 5.74) is 0.0438. The van der Waals surface area contributed by atoms with Gasteiger partial charge in [-0.2, -0.15) is 0 Å². The molecule has 0 fully saturated rings. The smallest absolute Gasteiger partial charge is 0.314 e. The number of hydrogen-bond donors (Lipinski definition) is 1. The Balaban J connectivity index is 2.04. The summed E-state index contributed by atoms with van der Waals surface area (Å²) in [6.45, 7) is 2.91. The molecule has 0 amide bonds. The van der Waals surface area contributed by atoms with E-state index in [1.54, 1.807) is 11.3 Å². The van der Waals surface area contributed by atoms with Crippen LogP contribution in [0.15, 0.2) is 33.3 Å². The Bertz CT molecular complexity index is 672. The summed E-state index contributed by atoms with van der Waals surface area (Å²) < 4.78 is 1.11. The van der Waals surface area contributed by atoms with Crippen molar-refractivity contribution in [2.75, 3.05) is 13.6 Å². The van der Waals surface area contributed by atoms with Gasteiger partial charge in [0.15, 0.2) is 0 Å². The van der Waals surface area contributed by atoms with Crippen LogP contribution >= 0.6 is 11.3 Å². The maximum absolute atomic E-state index is 11.9. The molecule has 0 radical (unpaired) electrons. The highest BCUT2D eigenvalue weighted by molar-refractivity contribution is 7.10. The van der Waals surface area contributed by atoms with Crippen LogP contribution < -0.4 is 11.2 Å². The Hall–Kier alpha value is -1.66. The fraction of sp³-hybridized carbons (Fsp3) is 0.429. The molecule has 0 spiro atoms. The second-order valence-electron chi connectivity index (χ2n) is 4.91. The van der Waals surface area contributed by atoms with Crippen LogP contribution in [0.5, 0.6) is 0 Å². The summed E-state index contributed by atoms with van der Waals surface area (Å²) in [4.78, 5) is 29.3. The van der Waals surface area contributed by atoms with Gasteiger partial charge in [-0.1, -0.05) is 6.07 Å². The normalized spacial score (nSPS) is 12.8. The Morgan fingerprint density at radius 3 is 2.85 bits per heavy atom. The molecule has 108 valence electrons. The van der Waals surface area contributed by atoms with Crippen molar-refractivity contribution in [3.8, 4) is 0 Å². The zero-order chi connectivity index (χ0) is 14.7. The zero-order valence-corrected chi connectivity index (χ0v) is 12.7. The number of nitrogens with one attached hydrogen (secondary N) is 1. The van der Waals surface area contributed by atoms with Crippen LogP contribution in [-0.2, 0) is 13.5 Å². The molecule has 0 saturated carbocycles. The largest absolute Gasteiger partial charge is 0.328 e. The minimum Gasteiger partial charge on any atom is -0.314 e. The summed E-state index contributed by atoms with van der Waals surface area (Å²) in [6, 6.07) is 4.48. The molecule has 0 unspecified atom stereocenters. The highest BCUT2D eigenvalue weighted by atomic mass is 32.1. The first-order valence-electron chi connectivity index (χ1n) is 6.52. The third-order valence-corrected chi connectivity index (χ3v) is 4.65. The zero-order valence-electron chi connectivity index (χ0n) is 11.9. The molecule has 0 aliphatic rings. The van der Waals surface area contributed by atoms with Crippen LogP contribution in [0.3, 0.4) is 0 Å². The number of H-pyrrole nitrogens is 1. The molecule has 1 N–H and O–H groups in total. The lowest BCUT2D eigenvalue weighted by Crippen LogP contribution is -2.35. The summed E-state index contributed by atoms with van der Waals surface area (Å²) >= 11 is 1.73. The van der Waals surface area contributed by atoms with Crippen LogP contribution in [0.1, 0.15) is 23.4 Å². The quantitative estimate of drug-likeness (QED) is 0.906. The van der Waals surface area contributed by atoms with E-state index >= 15 is 0 Å². The van der Waals surface area contributed by atoms with E-state index in [4.69, 9.17) is 0 Å². The number of aromatic amines is 1. The van der Waals surface area contributed by atoms with E-state index in [1.165, 1.54) is 18.1 Å². The number of hydrogen-bond acceptors (Lipinski definition) is 4. The maximum Gasteiger partial charge on any atom is 0.328 e. The highest BCUT2D eigenvalue weighted by Crippen LogP contribution is 2.23. The van der Waals surface area contributed by atoms with Gasteiger partial charge >= 0.3 is 5.69 Å². The molecule has 0 aliphatic carbocycles. The summed E-state index contributed by atoms with van der Waals surface area (Å²) in [5, 5.41) is 2.07. The lowest BCUT2D eigenvalue weighted by Gasteiger charge is -2.23. The topological polar surface area (TPSA) is 58.1 Å². The molecule has 0 aliphatic heterocycles. The molecule has 5 nitrogen and oxygen atoms in total. The van der Waals surface area contributed by atoms with Gasteiger partial charge < -0.3 is 4.98 Å². The van der Waals surface area contributed by atoms with Gasteiger partial charge in [0.05, 0.1) is 0 Å². The second kappa shape index (κ2) is 6.19. The minimum absolute atomic E-state index is 0.217. The van der Waals surface area contributed by atoms with Gasteiger partial charge in [-0.25, -0.2) is 4.79 Å². The molecule has 1 atom stereocenters. The van der Waals surface area contributed by atoms with Gasteiger partial charge in [0, 0.05) is 36.3 Å². The Labute approximate surface area is 121 Å². The van der Waals surface area contributed by atoms with Crippen LogP contribution in [0.2, 0.25) is 0 Å². The minimum atomic E-state index is -0.376. The summed E-state index contributed by atoms with van der Waals surface area (Å²) in [5.74, 6) is 0. The van der Waals surface area contributed by atoms with Crippen molar-refractivity contribution in [1.29, 1.82) is 0 Å². The predicted octanol–water partition coefficient (Wildman–Crippen LogP) is 1.37. The average molecular weight is 293 g/mol. The third-order valence-electron chi connectivity index (χ3n) is 3.60.